The van der Waals surface area contributed by atoms with Crippen LogP contribution < -0.4 is 5.73 Å². The number of rotatable bonds is 3. The van der Waals surface area contributed by atoms with Gasteiger partial charge in [0, 0.05) is 32.2 Å². The van der Waals surface area contributed by atoms with Gasteiger partial charge in [0.25, 0.3) is 0 Å². The van der Waals surface area contributed by atoms with Gasteiger partial charge in [0.1, 0.15) is 0 Å². The van der Waals surface area contributed by atoms with E-state index in [1.54, 1.807) is 24.3 Å². The summed E-state index contributed by atoms with van der Waals surface area (Å²) >= 11 is 0. The topological polar surface area (TPSA) is 83.7 Å². The van der Waals surface area contributed by atoms with Crippen molar-refractivity contribution in [2.75, 3.05) is 26.2 Å². The van der Waals surface area contributed by atoms with Gasteiger partial charge in [-0.25, -0.2) is 8.42 Å². The number of hydrogen-bond acceptors (Lipinski definition) is 4. The van der Waals surface area contributed by atoms with Crippen LogP contribution in [0.4, 0.5) is 0 Å². The zero-order valence-electron chi connectivity index (χ0n) is 14.7. The summed E-state index contributed by atoms with van der Waals surface area (Å²) in [7, 11) is -3.55. The number of carbonyl (C=O) groups is 1. The van der Waals surface area contributed by atoms with Gasteiger partial charge in [0.05, 0.1) is 10.8 Å². The smallest absolute Gasteiger partial charge is 0.243 e. The van der Waals surface area contributed by atoms with Crippen molar-refractivity contribution in [3.05, 3.63) is 29.8 Å². The summed E-state index contributed by atoms with van der Waals surface area (Å²) in [5.74, 6) is -0.210. The molecule has 2 unspecified atom stereocenters. The van der Waals surface area contributed by atoms with E-state index in [0.29, 0.717) is 24.4 Å². The average molecular weight is 365 g/mol. The lowest BCUT2D eigenvalue weighted by atomic mass is 9.96. The lowest BCUT2D eigenvalue weighted by molar-refractivity contribution is -0.137. The van der Waals surface area contributed by atoms with E-state index in [9.17, 15) is 13.2 Å². The summed E-state index contributed by atoms with van der Waals surface area (Å²) in [6.45, 7) is 3.98. The fraction of sp³-hybridized carbons (Fsp3) is 0.611. The SMILES string of the molecule is Cc1ccc(S(=O)(=O)N2CCCC(C(=O)N3CCCC(N)C3)C2)cc1. The first-order valence-electron chi connectivity index (χ1n) is 8.99. The maximum Gasteiger partial charge on any atom is 0.243 e. The van der Waals surface area contributed by atoms with Crippen molar-refractivity contribution in [1.82, 2.24) is 9.21 Å². The molecule has 7 heteroatoms. The number of nitrogens with zero attached hydrogens (tertiary/aromatic N) is 2. The van der Waals surface area contributed by atoms with Gasteiger partial charge in [0.15, 0.2) is 0 Å². The second kappa shape index (κ2) is 7.43. The third kappa shape index (κ3) is 4.04. The molecule has 2 fully saturated rings. The molecule has 1 amide bonds. The molecule has 2 saturated heterocycles. The molecular weight excluding hydrogens is 338 g/mol. The molecule has 3 rings (SSSR count). The number of sulfonamides is 1. The molecule has 2 aliphatic rings. The van der Waals surface area contributed by atoms with Crippen LogP contribution >= 0.6 is 0 Å². The third-order valence-corrected chi connectivity index (χ3v) is 7.04. The van der Waals surface area contributed by atoms with Gasteiger partial charge in [-0.1, -0.05) is 17.7 Å². The maximum atomic E-state index is 12.9. The number of piperidine rings is 2. The van der Waals surface area contributed by atoms with Crippen LogP contribution in [0.1, 0.15) is 31.2 Å². The summed E-state index contributed by atoms with van der Waals surface area (Å²) in [6, 6.07) is 6.91. The molecule has 0 bridgehead atoms. The normalized spacial score (nSPS) is 25.8. The third-order valence-electron chi connectivity index (χ3n) is 5.16. The summed E-state index contributed by atoms with van der Waals surface area (Å²) < 4.78 is 27.2. The second-order valence-corrected chi connectivity index (χ2v) is 9.14. The molecule has 25 heavy (non-hydrogen) atoms. The Kier molecular flexibility index (Phi) is 5.46. The number of likely N-dealkylation sites (tertiary alicyclic amines) is 1. The minimum atomic E-state index is -3.55. The maximum absolute atomic E-state index is 12.9. The molecule has 0 aliphatic carbocycles. The summed E-state index contributed by atoms with van der Waals surface area (Å²) in [5, 5.41) is 0. The van der Waals surface area contributed by atoms with Crippen LogP contribution in [0, 0.1) is 12.8 Å². The highest BCUT2D eigenvalue weighted by Crippen LogP contribution is 2.26. The average Bonchev–Trinajstić information content (AvgIpc) is 2.61. The van der Waals surface area contributed by atoms with Crippen molar-refractivity contribution in [3.63, 3.8) is 0 Å². The Bertz CT molecular complexity index is 718. The van der Waals surface area contributed by atoms with Crippen molar-refractivity contribution in [2.24, 2.45) is 11.7 Å². The van der Waals surface area contributed by atoms with E-state index in [4.69, 9.17) is 5.73 Å². The Morgan fingerprint density at radius 1 is 1.08 bits per heavy atom. The number of amides is 1. The Morgan fingerprint density at radius 3 is 2.44 bits per heavy atom. The standard InChI is InChI=1S/C18H27N3O3S/c1-14-6-8-17(9-7-14)25(23,24)21-11-2-4-15(12-21)18(22)20-10-3-5-16(19)13-20/h6-9,15-16H,2-5,10-13,19H2,1H3. The monoisotopic (exact) mass is 365 g/mol. The fourth-order valence-corrected chi connectivity index (χ4v) is 5.21. The van der Waals surface area contributed by atoms with E-state index in [-0.39, 0.29) is 24.4 Å². The summed E-state index contributed by atoms with van der Waals surface area (Å²) in [5.41, 5.74) is 7.00. The largest absolute Gasteiger partial charge is 0.341 e. The van der Waals surface area contributed by atoms with Crippen molar-refractivity contribution in [3.8, 4) is 0 Å². The highest BCUT2D eigenvalue weighted by Gasteiger charge is 2.35. The molecule has 2 aliphatic heterocycles. The Labute approximate surface area is 150 Å². The Hall–Kier alpha value is -1.44. The van der Waals surface area contributed by atoms with Crippen molar-refractivity contribution >= 4 is 15.9 Å². The quantitative estimate of drug-likeness (QED) is 0.876. The van der Waals surface area contributed by atoms with Gasteiger partial charge < -0.3 is 10.6 Å². The van der Waals surface area contributed by atoms with E-state index in [1.165, 1.54) is 4.31 Å². The Morgan fingerprint density at radius 2 is 1.76 bits per heavy atom. The van der Waals surface area contributed by atoms with E-state index in [1.807, 2.05) is 11.8 Å². The fourth-order valence-electron chi connectivity index (χ4n) is 3.69. The van der Waals surface area contributed by atoms with Crippen LogP contribution in [0.15, 0.2) is 29.2 Å². The predicted molar refractivity (Wildman–Crippen MR) is 96.5 cm³/mol. The number of carbonyl (C=O) groups excluding carboxylic acids is 1. The molecular formula is C18H27N3O3S. The van der Waals surface area contributed by atoms with E-state index >= 15 is 0 Å². The molecule has 2 heterocycles. The first kappa shape index (κ1) is 18.4. The molecule has 6 nitrogen and oxygen atoms in total. The summed E-state index contributed by atoms with van der Waals surface area (Å²) in [6.07, 6.45) is 3.32. The first-order chi connectivity index (χ1) is 11.9. The van der Waals surface area contributed by atoms with Crippen LogP contribution in [-0.4, -0.2) is 55.8 Å². The zero-order chi connectivity index (χ0) is 18.0. The highest BCUT2D eigenvalue weighted by atomic mass is 32.2. The molecule has 0 aromatic heterocycles. The number of hydrogen-bond donors (Lipinski definition) is 1. The van der Waals surface area contributed by atoms with E-state index in [2.05, 4.69) is 0 Å². The van der Waals surface area contributed by atoms with Gasteiger partial charge >= 0.3 is 0 Å². The van der Waals surface area contributed by atoms with Crippen LogP contribution in [0.25, 0.3) is 0 Å². The van der Waals surface area contributed by atoms with Gasteiger partial charge in [0.2, 0.25) is 15.9 Å². The zero-order valence-corrected chi connectivity index (χ0v) is 15.5. The lowest BCUT2D eigenvalue weighted by Gasteiger charge is -2.37. The van der Waals surface area contributed by atoms with Crippen LogP contribution in [0.5, 0.6) is 0 Å². The lowest BCUT2D eigenvalue weighted by Crippen LogP contribution is -2.51. The molecule has 2 atom stereocenters. The molecule has 0 spiro atoms. The minimum absolute atomic E-state index is 0.0358. The van der Waals surface area contributed by atoms with Gasteiger partial charge in [-0.2, -0.15) is 4.31 Å². The molecule has 1 aromatic rings. The minimum Gasteiger partial charge on any atom is -0.341 e. The molecule has 2 N–H and O–H groups in total. The van der Waals surface area contributed by atoms with Gasteiger partial charge in [-0.3, -0.25) is 4.79 Å². The van der Waals surface area contributed by atoms with Crippen molar-refractivity contribution in [2.45, 2.75) is 43.5 Å². The first-order valence-corrected chi connectivity index (χ1v) is 10.4. The highest BCUT2D eigenvalue weighted by molar-refractivity contribution is 7.89. The second-order valence-electron chi connectivity index (χ2n) is 7.20. The van der Waals surface area contributed by atoms with Gasteiger partial charge in [-0.05, 0) is 44.7 Å². The predicted octanol–water partition coefficient (Wildman–Crippen LogP) is 1.35. The van der Waals surface area contributed by atoms with Crippen molar-refractivity contribution in [1.29, 1.82) is 0 Å². The number of aryl methyl sites for hydroxylation is 1. The molecule has 0 saturated carbocycles. The molecule has 0 radical (unpaired) electrons. The number of benzene rings is 1. The van der Waals surface area contributed by atoms with Crippen LogP contribution in [0.2, 0.25) is 0 Å². The summed E-state index contributed by atoms with van der Waals surface area (Å²) in [4.78, 5) is 14.9. The molecule has 1 aromatic carbocycles. The molecule has 138 valence electrons. The Balaban J connectivity index is 1.72. The van der Waals surface area contributed by atoms with Crippen molar-refractivity contribution < 1.29 is 13.2 Å². The van der Waals surface area contributed by atoms with Crippen LogP contribution in [-0.2, 0) is 14.8 Å². The van der Waals surface area contributed by atoms with Gasteiger partial charge in [-0.15, -0.1) is 0 Å². The van der Waals surface area contributed by atoms with Crippen LogP contribution in [0.3, 0.4) is 0 Å². The van der Waals surface area contributed by atoms with E-state index < -0.39 is 10.0 Å². The van der Waals surface area contributed by atoms with E-state index in [0.717, 1.165) is 31.4 Å². The number of nitrogens with two attached hydrogens (primary N) is 1.